The molecule has 1 fully saturated rings. The van der Waals surface area contributed by atoms with Gasteiger partial charge in [0, 0.05) is 39.1 Å². The minimum atomic E-state index is 0.158. The molecular formula is C21H29N3OS. The number of benzene rings is 1. The van der Waals surface area contributed by atoms with Crippen LogP contribution in [0.4, 0.5) is 0 Å². The van der Waals surface area contributed by atoms with Gasteiger partial charge in [-0.15, -0.1) is 11.3 Å². The molecule has 1 saturated heterocycles. The highest BCUT2D eigenvalue weighted by Crippen LogP contribution is 2.23. The van der Waals surface area contributed by atoms with Crippen LogP contribution in [0.25, 0.3) is 0 Å². The molecule has 0 radical (unpaired) electrons. The van der Waals surface area contributed by atoms with E-state index in [1.165, 1.54) is 11.1 Å². The molecule has 0 N–H and O–H groups in total. The summed E-state index contributed by atoms with van der Waals surface area (Å²) in [4.78, 5) is 22.8. The quantitative estimate of drug-likeness (QED) is 0.799. The first-order valence-corrected chi connectivity index (χ1v) is 10.3. The van der Waals surface area contributed by atoms with Gasteiger partial charge in [-0.05, 0) is 25.3 Å². The lowest BCUT2D eigenvalue weighted by atomic mass is 10.1. The van der Waals surface area contributed by atoms with Gasteiger partial charge < -0.3 is 4.90 Å². The molecule has 1 aromatic carbocycles. The van der Waals surface area contributed by atoms with Crippen molar-refractivity contribution in [3.8, 4) is 0 Å². The van der Waals surface area contributed by atoms with Crippen molar-refractivity contribution in [2.45, 2.75) is 40.7 Å². The molecule has 0 atom stereocenters. The molecule has 3 rings (SSSR count). The van der Waals surface area contributed by atoms with E-state index in [1.54, 1.807) is 11.3 Å². The van der Waals surface area contributed by atoms with Crippen molar-refractivity contribution >= 4 is 17.2 Å². The third-order valence-corrected chi connectivity index (χ3v) is 5.93. The fourth-order valence-electron chi connectivity index (χ4n) is 3.41. The number of carbonyl (C=O) groups is 1. The highest BCUT2D eigenvalue weighted by atomic mass is 32.1. The average Bonchev–Trinajstić information content (AvgIpc) is 2.94. The first-order chi connectivity index (χ1) is 12.4. The van der Waals surface area contributed by atoms with Gasteiger partial charge in [0.05, 0.1) is 10.7 Å². The molecule has 0 saturated carbocycles. The minimum Gasteiger partial charge on any atom is -0.335 e. The largest absolute Gasteiger partial charge is 0.335 e. The van der Waals surface area contributed by atoms with Gasteiger partial charge in [-0.3, -0.25) is 9.69 Å². The topological polar surface area (TPSA) is 36.4 Å². The molecule has 2 aromatic rings. The highest BCUT2D eigenvalue weighted by molar-refractivity contribution is 7.13. The second kappa shape index (κ2) is 8.31. The summed E-state index contributed by atoms with van der Waals surface area (Å²) >= 11 is 1.58. The Morgan fingerprint density at radius 2 is 1.92 bits per heavy atom. The van der Waals surface area contributed by atoms with E-state index in [4.69, 9.17) is 0 Å². The van der Waals surface area contributed by atoms with E-state index in [0.717, 1.165) is 54.7 Å². The van der Waals surface area contributed by atoms with E-state index in [2.05, 4.69) is 54.9 Å². The number of carbonyl (C=O) groups excluding carboxylic acids is 1. The van der Waals surface area contributed by atoms with E-state index in [1.807, 2.05) is 11.8 Å². The summed E-state index contributed by atoms with van der Waals surface area (Å²) in [6.45, 7) is 12.9. The summed E-state index contributed by atoms with van der Waals surface area (Å²) in [5, 5.41) is 1.08. The Morgan fingerprint density at radius 3 is 2.58 bits per heavy atom. The normalized spacial score (nSPS) is 15.7. The van der Waals surface area contributed by atoms with Crippen LogP contribution in [0.15, 0.2) is 24.3 Å². The van der Waals surface area contributed by atoms with Crippen LogP contribution in [0, 0.1) is 19.8 Å². The van der Waals surface area contributed by atoms with Crippen LogP contribution >= 0.6 is 11.3 Å². The molecule has 4 nitrogen and oxygen atoms in total. The van der Waals surface area contributed by atoms with E-state index < -0.39 is 0 Å². The Bertz CT molecular complexity index is 760. The Morgan fingerprint density at radius 1 is 1.19 bits per heavy atom. The summed E-state index contributed by atoms with van der Waals surface area (Å²) in [5.74, 6) is 0.721. The van der Waals surface area contributed by atoms with E-state index in [-0.39, 0.29) is 5.91 Å². The van der Waals surface area contributed by atoms with Crippen LogP contribution in [0.2, 0.25) is 0 Å². The molecule has 0 bridgehead atoms. The van der Waals surface area contributed by atoms with Gasteiger partial charge in [0.1, 0.15) is 4.88 Å². The standard InChI is InChI=1S/C21H29N3OS/c1-15(2)12-19-22-17(4)20(26-19)21(25)24-10-8-23(9-11-24)14-18-7-5-6-16(3)13-18/h5-7,13,15H,8-12,14H2,1-4H3. The van der Waals surface area contributed by atoms with Crippen LogP contribution in [0.5, 0.6) is 0 Å². The first kappa shape index (κ1) is 19.1. The van der Waals surface area contributed by atoms with E-state index in [0.29, 0.717) is 5.92 Å². The molecule has 1 aliphatic heterocycles. The average molecular weight is 372 g/mol. The molecule has 0 aliphatic carbocycles. The van der Waals surface area contributed by atoms with Crippen molar-refractivity contribution < 1.29 is 4.79 Å². The fourth-order valence-corrected chi connectivity index (χ4v) is 4.65. The number of aryl methyl sites for hydroxylation is 2. The zero-order chi connectivity index (χ0) is 18.7. The molecular weight excluding hydrogens is 342 g/mol. The third kappa shape index (κ3) is 4.71. The molecule has 26 heavy (non-hydrogen) atoms. The Hall–Kier alpha value is -1.72. The van der Waals surface area contributed by atoms with Gasteiger partial charge in [0.15, 0.2) is 0 Å². The molecule has 1 amide bonds. The van der Waals surface area contributed by atoms with Crippen molar-refractivity contribution in [1.29, 1.82) is 0 Å². The fraction of sp³-hybridized carbons (Fsp3) is 0.524. The Balaban J connectivity index is 1.57. The van der Waals surface area contributed by atoms with Gasteiger partial charge >= 0.3 is 0 Å². The molecule has 1 aromatic heterocycles. The molecule has 140 valence electrons. The monoisotopic (exact) mass is 371 g/mol. The van der Waals surface area contributed by atoms with Crippen LogP contribution in [-0.2, 0) is 13.0 Å². The first-order valence-electron chi connectivity index (χ1n) is 9.46. The summed E-state index contributed by atoms with van der Waals surface area (Å²) in [6, 6.07) is 8.67. The van der Waals surface area contributed by atoms with Crippen molar-refractivity contribution in [1.82, 2.24) is 14.8 Å². The smallest absolute Gasteiger partial charge is 0.265 e. The zero-order valence-corrected chi connectivity index (χ0v) is 17.1. The lowest BCUT2D eigenvalue weighted by Gasteiger charge is -2.34. The van der Waals surface area contributed by atoms with Crippen molar-refractivity contribution in [3.05, 3.63) is 51.0 Å². The SMILES string of the molecule is Cc1cccc(CN2CCN(C(=O)c3sc(CC(C)C)nc3C)CC2)c1. The summed E-state index contributed by atoms with van der Waals surface area (Å²) in [6.07, 6.45) is 0.947. The zero-order valence-electron chi connectivity index (χ0n) is 16.3. The number of thiazole rings is 1. The lowest BCUT2D eigenvalue weighted by Crippen LogP contribution is -2.48. The van der Waals surface area contributed by atoms with Crippen LogP contribution < -0.4 is 0 Å². The minimum absolute atomic E-state index is 0.158. The molecule has 0 unspecified atom stereocenters. The number of piperazine rings is 1. The van der Waals surface area contributed by atoms with E-state index >= 15 is 0 Å². The van der Waals surface area contributed by atoms with Gasteiger partial charge in [0.2, 0.25) is 0 Å². The number of hydrogen-bond donors (Lipinski definition) is 0. The maximum Gasteiger partial charge on any atom is 0.265 e. The van der Waals surface area contributed by atoms with Gasteiger partial charge in [-0.25, -0.2) is 4.98 Å². The van der Waals surface area contributed by atoms with Gasteiger partial charge in [-0.1, -0.05) is 43.7 Å². The number of aromatic nitrogens is 1. The van der Waals surface area contributed by atoms with Crippen molar-refractivity contribution in [2.75, 3.05) is 26.2 Å². The number of rotatable bonds is 5. The number of amides is 1. The third-order valence-electron chi connectivity index (χ3n) is 4.77. The molecule has 0 spiro atoms. The van der Waals surface area contributed by atoms with Gasteiger partial charge in [-0.2, -0.15) is 0 Å². The Kier molecular flexibility index (Phi) is 6.09. The Labute approximate surface area is 160 Å². The molecule has 2 heterocycles. The van der Waals surface area contributed by atoms with Crippen LogP contribution in [0.1, 0.15) is 45.3 Å². The van der Waals surface area contributed by atoms with Gasteiger partial charge in [0.25, 0.3) is 5.91 Å². The van der Waals surface area contributed by atoms with Crippen molar-refractivity contribution in [2.24, 2.45) is 5.92 Å². The summed E-state index contributed by atoms with van der Waals surface area (Å²) in [5.41, 5.74) is 3.54. The maximum absolute atomic E-state index is 12.9. The molecule has 1 aliphatic rings. The van der Waals surface area contributed by atoms with E-state index in [9.17, 15) is 4.79 Å². The second-order valence-electron chi connectivity index (χ2n) is 7.68. The lowest BCUT2D eigenvalue weighted by molar-refractivity contribution is 0.0632. The van der Waals surface area contributed by atoms with Crippen molar-refractivity contribution in [3.63, 3.8) is 0 Å². The van der Waals surface area contributed by atoms with Crippen LogP contribution in [0.3, 0.4) is 0 Å². The van der Waals surface area contributed by atoms with Crippen LogP contribution in [-0.4, -0.2) is 46.9 Å². The second-order valence-corrected chi connectivity index (χ2v) is 8.76. The summed E-state index contributed by atoms with van der Waals surface area (Å²) in [7, 11) is 0. The predicted octanol–water partition coefficient (Wildman–Crippen LogP) is 3.92. The molecule has 5 heteroatoms. The number of nitrogens with zero attached hydrogens (tertiary/aromatic N) is 3. The number of hydrogen-bond acceptors (Lipinski definition) is 4. The maximum atomic E-state index is 12.9. The predicted molar refractivity (Wildman–Crippen MR) is 108 cm³/mol. The highest BCUT2D eigenvalue weighted by Gasteiger charge is 2.25. The summed E-state index contributed by atoms with van der Waals surface area (Å²) < 4.78 is 0.